The molecule has 2 rings (SSSR count). The second-order valence-electron chi connectivity index (χ2n) is 3.72. The number of carbonyl (C=O) groups is 1. The summed E-state index contributed by atoms with van der Waals surface area (Å²) in [4.78, 5) is 12.0. The van der Waals surface area contributed by atoms with Crippen LogP contribution in [0.3, 0.4) is 0 Å². The lowest BCUT2D eigenvalue weighted by Gasteiger charge is -2.03. The smallest absolute Gasteiger partial charge is 0.259 e. The Morgan fingerprint density at radius 3 is 2.90 bits per heavy atom. The van der Waals surface area contributed by atoms with Crippen LogP contribution < -0.4 is 5.32 Å². The molecule has 8 heteroatoms. The molecule has 1 N–H and O–H groups in total. The molecule has 1 aromatic heterocycles. The molecule has 0 saturated heterocycles. The van der Waals surface area contributed by atoms with Crippen LogP contribution in [0.4, 0.5) is 5.13 Å². The number of nitrogens with zero attached hydrogens (tertiary/aromatic N) is 2. The number of amides is 1. The highest BCUT2D eigenvalue weighted by Gasteiger charge is 2.13. The van der Waals surface area contributed by atoms with Crippen molar-refractivity contribution in [1.82, 2.24) is 10.2 Å². The van der Waals surface area contributed by atoms with Crippen molar-refractivity contribution < 1.29 is 9.53 Å². The first-order valence-corrected chi connectivity index (χ1v) is 7.34. The van der Waals surface area contributed by atoms with Gasteiger partial charge in [-0.25, -0.2) is 0 Å². The highest BCUT2D eigenvalue weighted by atomic mass is 35.5. The quantitative estimate of drug-likeness (QED) is 0.908. The molecule has 0 aliphatic heterocycles. The number of anilines is 1. The van der Waals surface area contributed by atoms with Gasteiger partial charge >= 0.3 is 0 Å². The van der Waals surface area contributed by atoms with Gasteiger partial charge in [-0.3, -0.25) is 10.1 Å². The van der Waals surface area contributed by atoms with E-state index in [0.717, 1.165) is 0 Å². The zero-order valence-electron chi connectivity index (χ0n) is 10.5. The highest BCUT2D eigenvalue weighted by Crippen LogP contribution is 2.23. The van der Waals surface area contributed by atoms with E-state index in [1.54, 1.807) is 12.1 Å². The number of hydrogen-bond acceptors (Lipinski definition) is 5. The Morgan fingerprint density at radius 1 is 1.40 bits per heavy atom. The van der Waals surface area contributed by atoms with Gasteiger partial charge < -0.3 is 4.74 Å². The summed E-state index contributed by atoms with van der Waals surface area (Å²) in [7, 11) is 0. The first-order chi connectivity index (χ1) is 9.60. The summed E-state index contributed by atoms with van der Waals surface area (Å²) >= 11 is 13.0. The van der Waals surface area contributed by atoms with E-state index in [0.29, 0.717) is 33.9 Å². The van der Waals surface area contributed by atoms with Crippen LogP contribution in [-0.4, -0.2) is 22.7 Å². The standard InChI is InChI=1S/C12H11Cl2N3O2S/c1-2-19-6-10-16-17-12(20-10)15-11(18)8-4-3-7(13)5-9(8)14/h3-5H,2,6H2,1H3,(H,15,17,18). The molecule has 0 radical (unpaired) electrons. The van der Waals surface area contributed by atoms with E-state index in [1.165, 1.54) is 17.4 Å². The summed E-state index contributed by atoms with van der Waals surface area (Å²) in [5.74, 6) is -0.356. The van der Waals surface area contributed by atoms with E-state index in [-0.39, 0.29) is 10.9 Å². The lowest BCUT2D eigenvalue weighted by Crippen LogP contribution is -2.12. The van der Waals surface area contributed by atoms with Crippen molar-refractivity contribution in [2.24, 2.45) is 0 Å². The Balaban J connectivity index is 2.05. The highest BCUT2D eigenvalue weighted by molar-refractivity contribution is 7.15. The summed E-state index contributed by atoms with van der Waals surface area (Å²) in [6, 6.07) is 4.67. The number of nitrogens with one attached hydrogen (secondary N) is 1. The number of rotatable bonds is 5. The van der Waals surface area contributed by atoms with Gasteiger partial charge in [0.2, 0.25) is 5.13 Å². The molecule has 1 aromatic carbocycles. The SMILES string of the molecule is CCOCc1nnc(NC(=O)c2ccc(Cl)cc2Cl)s1. The fraction of sp³-hybridized carbons (Fsp3) is 0.250. The average Bonchev–Trinajstić information content (AvgIpc) is 2.83. The fourth-order valence-corrected chi connectivity index (χ4v) is 2.56. The molecule has 0 aliphatic carbocycles. The fourth-order valence-electron chi connectivity index (χ4n) is 1.39. The number of ether oxygens (including phenoxy) is 1. The third-order valence-corrected chi connectivity index (χ3v) is 3.65. The lowest BCUT2D eigenvalue weighted by molar-refractivity contribution is 0.102. The van der Waals surface area contributed by atoms with Gasteiger partial charge in [0.25, 0.3) is 5.91 Å². The zero-order valence-corrected chi connectivity index (χ0v) is 12.8. The van der Waals surface area contributed by atoms with Crippen molar-refractivity contribution in [3.8, 4) is 0 Å². The van der Waals surface area contributed by atoms with Crippen molar-refractivity contribution in [3.05, 3.63) is 38.8 Å². The van der Waals surface area contributed by atoms with Crippen LogP contribution >= 0.6 is 34.5 Å². The summed E-state index contributed by atoms with van der Waals surface area (Å²) in [5, 5.41) is 12.3. The van der Waals surface area contributed by atoms with E-state index in [1.807, 2.05) is 6.92 Å². The van der Waals surface area contributed by atoms with Gasteiger partial charge in [-0.2, -0.15) is 0 Å². The van der Waals surface area contributed by atoms with E-state index in [2.05, 4.69) is 15.5 Å². The first kappa shape index (κ1) is 15.2. The minimum Gasteiger partial charge on any atom is -0.374 e. The van der Waals surface area contributed by atoms with Crippen LogP contribution in [0.5, 0.6) is 0 Å². The lowest BCUT2D eigenvalue weighted by atomic mass is 10.2. The van der Waals surface area contributed by atoms with Crippen molar-refractivity contribution in [2.45, 2.75) is 13.5 Å². The first-order valence-electron chi connectivity index (χ1n) is 5.76. The largest absolute Gasteiger partial charge is 0.374 e. The van der Waals surface area contributed by atoms with Gasteiger partial charge in [-0.1, -0.05) is 34.5 Å². The van der Waals surface area contributed by atoms with Gasteiger partial charge in [0.05, 0.1) is 10.6 Å². The molecule has 0 atom stereocenters. The van der Waals surface area contributed by atoms with Crippen molar-refractivity contribution >= 4 is 45.6 Å². The van der Waals surface area contributed by atoms with Gasteiger partial charge in [0, 0.05) is 11.6 Å². The second-order valence-corrected chi connectivity index (χ2v) is 5.62. The van der Waals surface area contributed by atoms with Crippen LogP contribution in [0, 0.1) is 0 Å². The molecule has 0 fully saturated rings. The van der Waals surface area contributed by atoms with Crippen LogP contribution in [0.15, 0.2) is 18.2 Å². The molecule has 2 aromatic rings. The maximum Gasteiger partial charge on any atom is 0.259 e. The molecule has 0 unspecified atom stereocenters. The molecule has 0 bridgehead atoms. The van der Waals surface area contributed by atoms with Crippen molar-refractivity contribution in [1.29, 1.82) is 0 Å². The average molecular weight is 332 g/mol. The van der Waals surface area contributed by atoms with Gasteiger partial charge in [0.15, 0.2) is 0 Å². The Labute approximate surface area is 129 Å². The Kier molecular flexibility index (Phi) is 5.31. The molecule has 1 heterocycles. The second kappa shape index (κ2) is 6.99. The van der Waals surface area contributed by atoms with Crippen LogP contribution in [0.2, 0.25) is 10.0 Å². The molecule has 106 valence electrons. The third kappa shape index (κ3) is 3.89. The summed E-state index contributed by atoms with van der Waals surface area (Å²) in [6.45, 7) is 2.87. The van der Waals surface area contributed by atoms with Gasteiger partial charge in [-0.15, -0.1) is 10.2 Å². The summed E-state index contributed by atoms with van der Waals surface area (Å²) < 4.78 is 5.21. The van der Waals surface area contributed by atoms with Gasteiger partial charge in [-0.05, 0) is 25.1 Å². The monoisotopic (exact) mass is 331 g/mol. The third-order valence-electron chi connectivity index (χ3n) is 2.29. The summed E-state index contributed by atoms with van der Waals surface area (Å²) in [5.41, 5.74) is 0.331. The van der Waals surface area contributed by atoms with Gasteiger partial charge in [0.1, 0.15) is 11.6 Å². The van der Waals surface area contributed by atoms with Crippen LogP contribution in [0.25, 0.3) is 0 Å². The molecule has 1 amide bonds. The Morgan fingerprint density at radius 2 is 2.20 bits per heavy atom. The van der Waals surface area contributed by atoms with E-state index in [9.17, 15) is 4.79 Å². The van der Waals surface area contributed by atoms with Crippen molar-refractivity contribution in [2.75, 3.05) is 11.9 Å². The van der Waals surface area contributed by atoms with Crippen LogP contribution in [-0.2, 0) is 11.3 Å². The Hall–Kier alpha value is -1.21. The molecular formula is C12H11Cl2N3O2S. The maximum absolute atomic E-state index is 12.0. The topological polar surface area (TPSA) is 64.1 Å². The normalized spacial score (nSPS) is 10.6. The minimum absolute atomic E-state index is 0.286. The van der Waals surface area contributed by atoms with E-state index >= 15 is 0 Å². The predicted molar refractivity (Wildman–Crippen MR) is 79.7 cm³/mol. The summed E-state index contributed by atoms with van der Waals surface area (Å²) in [6.07, 6.45) is 0. The maximum atomic E-state index is 12.0. The molecule has 0 spiro atoms. The number of carbonyl (C=O) groups excluding carboxylic acids is 1. The number of halogens is 2. The zero-order chi connectivity index (χ0) is 14.5. The van der Waals surface area contributed by atoms with Crippen molar-refractivity contribution in [3.63, 3.8) is 0 Å². The van der Waals surface area contributed by atoms with E-state index < -0.39 is 0 Å². The number of hydrogen-bond donors (Lipinski definition) is 1. The minimum atomic E-state index is -0.356. The van der Waals surface area contributed by atoms with Crippen LogP contribution in [0.1, 0.15) is 22.3 Å². The molecular weight excluding hydrogens is 321 g/mol. The predicted octanol–water partition coefficient (Wildman–Crippen LogP) is 3.63. The van der Waals surface area contributed by atoms with E-state index in [4.69, 9.17) is 27.9 Å². The number of benzene rings is 1. The molecule has 0 saturated carbocycles. The molecule has 0 aliphatic rings. The number of aromatic nitrogens is 2. The molecule has 5 nitrogen and oxygen atoms in total. The Bertz CT molecular complexity index is 618. The molecule has 20 heavy (non-hydrogen) atoms.